The van der Waals surface area contributed by atoms with Gasteiger partial charge in [0.15, 0.2) is 0 Å². The molecule has 0 saturated carbocycles. The molecule has 0 radical (unpaired) electrons. The highest BCUT2D eigenvalue weighted by Crippen LogP contribution is 2.17. The molecule has 0 bridgehead atoms. The highest BCUT2D eigenvalue weighted by molar-refractivity contribution is 6.43. The van der Waals surface area contributed by atoms with E-state index >= 15 is 0 Å². The largest absolute Gasteiger partial charge is 0.318 e. The van der Waals surface area contributed by atoms with Crippen LogP contribution >= 0.6 is 0 Å². The fourth-order valence-corrected chi connectivity index (χ4v) is 1.88. The first-order valence-electron chi connectivity index (χ1n) is 6.94. The lowest BCUT2D eigenvalue weighted by Gasteiger charge is -2.09. The summed E-state index contributed by atoms with van der Waals surface area (Å²) in [5.41, 5.74) is 1.62. The zero-order chi connectivity index (χ0) is 16.1. The summed E-state index contributed by atoms with van der Waals surface area (Å²) < 4.78 is 13.4. The number of anilines is 2. The van der Waals surface area contributed by atoms with Crippen molar-refractivity contribution in [1.29, 1.82) is 0 Å². The molecule has 0 atom stereocenters. The van der Waals surface area contributed by atoms with Gasteiger partial charge in [-0.3, -0.25) is 9.59 Å². The number of para-hydroxylation sites is 1. The Hall–Kier alpha value is -2.69. The summed E-state index contributed by atoms with van der Waals surface area (Å²) in [6.45, 7) is 4.13. The molecule has 0 fully saturated rings. The van der Waals surface area contributed by atoms with E-state index in [-0.39, 0.29) is 5.69 Å². The van der Waals surface area contributed by atoms with Gasteiger partial charge in [0.05, 0.1) is 5.69 Å². The summed E-state index contributed by atoms with van der Waals surface area (Å²) in [5.74, 6) is -1.97. The van der Waals surface area contributed by atoms with E-state index in [1.807, 2.05) is 12.1 Å². The molecule has 0 aliphatic heterocycles. The smallest absolute Gasteiger partial charge is 0.314 e. The molecule has 2 N–H and O–H groups in total. The van der Waals surface area contributed by atoms with E-state index < -0.39 is 17.6 Å². The molecule has 114 valence electrons. The van der Waals surface area contributed by atoms with E-state index in [1.54, 1.807) is 18.2 Å². The predicted octanol–water partition coefficient (Wildman–Crippen LogP) is 3.53. The van der Waals surface area contributed by atoms with Gasteiger partial charge in [0, 0.05) is 5.69 Å². The molecule has 0 spiro atoms. The lowest BCUT2D eigenvalue weighted by molar-refractivity contribution is -0.133. The Balaban J connectivity index is 1.99. The first kappa shape index (κ1) is 15.7. The number of nitrogens with one attached hydrogen (secondary N) is 2. The molecule has 4 nitrogen and oxygen atoms in total. The van der Waals surface area contributed by atoms with Crippen LogP contribution < -0.4 is 10.6 Å². The van der Waals surface area contributed by atoms with E-state index in [1.165, 1.54) is 18.2 Å². The van der Waals surface area contributed by atoms with Crippen LogP contribution in [0.4, 0.5) is 15.8 Å². The molecule has 0 saturated heterocycles. The second-order valence-corrected chi connectivity index (χ2v) is 5.16. The van der Waals surface area contributed by atoms with Crippen LogP contribution in [-0.2, 0) is 9.59 Å². The van der Waals surface area contributed by atoms with Crippen molar-refractivity contribution in [2.45, 2.75) is 19.8 Å². The van der Waals surface area contributed by atoms with Crippen molar-refractivity contribution in [3.8, 4) is 0 Å². The summed E-state index contributed by atoms with van der Waals surface area (Å²) in [6, 6.07) is 12.9. The molecule has 0 heterocycles. The van der Waals surface area contributed by atoms with Crippen LogP contribution in [0.2, 0.25) is 0 Å². The van der Waals surface area contributed by atoms with E-state index in [2.05, 4.69) is 24.5 Å². The minimum absolute atomic E-state index is 0.0298. The van der Waals surface area contributed by atoms with Crippen LogP contribution in [0.15, 0.2) is 48.5 Å². The summed E-state index contributed by atoms with van der Waals surface area (Å²) in [4.78, 5) is 23.6. The van der Waals surface area contributed by atoms with Gasteiger partial charge in [0.2, 0.25) is 0 Å². The second kappa shape index (κ2) is 6.85. The molecular formula is C17H17FN2O2. The fourth-order valence-electron chi connectivity index (χ4n) is 1.88. The number of amides is 2. The molecule has 0 aliphatic rings. The first-order valence-corrected chi connectivity index (χ1v) is 6.94. The first-order chi connectivity index (χ1) is 10.5. The van der Waals surface area contributed by atoms with Crippen LogP contribution in [0.5, 0.6) is 0 Å². The van der Waals surface area contributed by atoms with Gasteiger partial charge >= 0.3 is 11.8 Å². The minimum Gasteiger partial charge on any atom is -0.318 e. The van der Waals surface area contributed by atoms with E-state index in [4.69, 9.17) is 0 Å². The summed E-state index contributed by atoms with van der Waals surface area (Å²) in [7, 11) is 0. The van der Waals surface area contributed by atoms with E-state index in [9.17, 15) is 14.0 Å². The van der Waals surface area contributed by atoms with Crippen molar-refractivity contribution in [2.24, 2.45) is 0 Å². The highest BCUT2D eigenvalue weighted by Gasteiger charge is 2.15. The summed E-state index contributed by atoms with van der Waals surface area (Å²) in [6.07, 6.45) is 0. The number of benzene rings is 2. The molecular weight excluding hydrogens is 283 g/mol. The number of hydrogen-bond acceptors (Lipinski definition) is 2. The van der Waals surface area contributed by atoms with E-state index in [0.717, 1.165) is 5.56 Å². The third-order valence-corrected chi connectivity index (χ3v) is 3.16. The average molecular weight is 300 g/mol. The Labute approximate surface area is 128 Å². The standard InChI is InChI=1S/C17H17FN2O2/c1-11(2)12-7-9-13(10-8-12)19-16(21)17(22)20-15-6-4-3-5-14(15)18/h3-11H,1-2H3,(H,19,21)(H,20,22). The van der Waals surface area contributed by atoms with Crippen molar-refractivity contribution >= 4 is 23.2 Å². The SMILES string of the molecule is CC(C)c1ccc(NC(=O)C(=O)Nc2ccccc2F)cc1. The maximum Gasteiger partial charge on any atom is 0.314 e. The number of carbonyl (C=O) groups excluding carboxylic acids is 2. The molecule has 2 aromatic rings. The normalized spacial score (nSPS) is 10.4. The van der Waals surface area contributed by atoms with Gasteiger partial charge < -0.3 is 10.6 Å². The zero-order valence-electron chi connectivity index (χ0n) is 12.4. The summed E-state index contributed by atoms with van der Waals surface area (Å²) in [5, 5.41) is 4.71. The zero-order valence-corrected chi connectivity index (χ0v) is 12.4. The Kier molecular flexibility index (Phi) is 4.88. The predicted molar refractivity (Wildman–Crippen MR) is 84.2 cm³/mol. The quantitative estimate of drug-likeness (QED) is 0.852. The average Bonchev–Trinajstić information content (AvgIpc) is 2.50. The number of halogens is 1. The third kappa shape index (κ3) is 3.91. The van der Waals surface area contributed by atoms with Crippen LogP contribution in [0.1, 0.15) is 25.3 Å². The monoisotopic (exact) mass is 300 g/mol. The maximum atomic E-state index is 13.4. The Bertz CT molecular complexity index is 681. The Morgan fingerprint density at radius 2 is 1.50 bits per heavy atom. The fraction of sp³-hybridized carbons (Fsp3) is 0.176. The molecule has 0 aliphatic carbocycles. The molecule has 0 unspecified atom stereocenters. The lowest BCUT2D eigenvalue weighted by Crippen LogP contribution is -2.29. The van der Waals surface area contributed by atoms with Gasteiger partial charge in [-0.2, -0.15) is 0 Å². The maximum absolute atomic E-state index is 13.4. The molecule has 2 amide bonds. The highest BCUT2D eigenvalue weighted by atomic mass is 19.1. The molecule has 5 heteroatoms. The summed E-state index contributed by atoms with van der Waals surface area (Å²) >= 11 is 0. The van der Waals surface area contributed by atoms with E-state index in [0.29, 0.717) is 11.6 Å². The van der Waals surface area contributed by atoms with Crippen molar-refractivity contribution in [3.63, 3.8) is 0 Å². The number of hydrogen-bond donors (Lipinski definition) is 2. The molecule has 22 heavy (non-hydrogen) atoms. The number of rotatable bonds is 3. The molecule has 0 aromatic heterocycles. The van der Waals surface area contributed by atoms with Crippen LogP contribution in [0.25, 0.3) is 0 Å². The lowest BCUT2D eigenvalue weighted by atomic mass is 10.0. The van der Waals surface area contributed by atoms with Gasteiger partial charge in [-0.05, 0) is 35.7 Å². The van der Waals surface area contributed by atoms with Crippen molar-refractivity contribution < 1.29 is 14.0 Å². The van der Waals surface area contributed by atoms with Crippen molar-refractivity contribution in [3.05, 3.63) is 59.9 Å². The van der Waals surface area contributed by atoms with Crippen molar-refractivity contribution in [2.75, 3.05) is 10.6 Å². The van der Waals surface area contributed by atoms with Gasteiger partial charge in [0.25, 0.3) is 0 Å². The Morgan fingerprint density at radius 1 is 0.909 bits per heavy atom. The second-order valence-electron chi connectivity index (χ2n) is 5.16. The number of carbonyl (C=O) groups is 2. The van der Waals surface area contributed by atoms with Crippen molar-refractivity contribution in [1.82, 2.24) is 0 Å². The van der Waals surface area contributed by atoms with Gasteiger partial charge in [-0.25, -0.2) is 4.39 Å². The third-order valence-electron chi connectivity index (χ3n) is 3.16. The van der Waals surface area contributed by atoms with Gasteiger partial charge in [-0.1, -0.05) is 38.1 Å². The molecule has 2 rings (SSSR count). The molecule has 2 aromatic carbocycles. The van der Waals surface area contributed by atoms with Gasteiger partial charge in [-0.15, -0.1) is 0 Å². The minimum atomic E-state index is -0.918. The van der Waals surface area contributed by atoms with Gasteiger partial charge in [0.1, 0.15) is 5.82 Å². The van der Waals surface area contributed by atoms with Crippen LogP contribution in [-0.4, -0.2) is 11.8 Å². The van der Waals surface area contributed by atoms with Crippen LogP contribution in [0, 0.1) is 5.82 Å². The van der Waals surface area contributed by atoms with Crippen LogP contribution in [0.3, 0.4) is 0 Å². The Morgan fingerprint density at radius 3 is 2.09 bits per heavy atom. The topological polar surface area (TPSA) is 58.2 Å².